The molecule has 1 amide bonds. The summed E-state index contributed by atoms with van der Waals surface area (Å²) in [5.41, 5.74) is 3.25. The van der Waals surface area contributed by atoms with Crippen LogP contribution in [0.3, 0.4) is 0 Å². The number of nitrogens with zero attached hydrogens (tertiary/aromatic N) is 2. The van der Waals surface area contributed by atoms with Crippen LogP contribution in [-0.2, 0) is 11.3 Å². The van der Waals surface area contributed by atoms with Crippen LogP contribution in [0.1, 0.15) is 29.2 Å². The van der Waals surface area contributed by atoms with Crippen molar-refractivity contribution in [1.82, 2.24) is 9.88 Å². The molecule has 0 saturated heterocycles. The molecule has 0 fully saturated rings. The highest BCUT2D eigenvalue weighted by Gasteiger charge is 2.19. The molecule has 1 N–H and O–H groups in total. The van der Waals surface area contributed by atoms with E-state index >= 15 is 0 Å². The van der Waals surface area contributed by atoms with Gasteiger partial charge in [0, 0.05) is 24.3 Å². The van der Waals surface area contributed by atoms with Gasteiger partial charge in [-0.2, -0.15) is 0 Å². The molecule has 4 nitrogen and oxygen atoms in total. The fraction of sp³-hybridized carbons (Fsp3) is 0.238. The van der Waals surface area contributed by atoms with Crippen molar-refractivity contribution in [2.24, 2.45) is 0 Å². The van der Waals surface area contributed by atoms with E-state index in [0.29, 0.717) is 11.6 Å². The maximum absolute atomic E-state index is 12.6. The zero-order valence-corrected chi connectivity index (χ0v) is 15.9. The first-order chi connectivity index (χ1) is 12.6. The molecule has 0 spiro atoms. The van der Waals surface area contributed by atoms with Gasteiger partial charge in [-0.15, -0.1) is 11.3 Å². The molecule has 5 heteroatoms. The van der Waals surface area contributed by atoms with Crippen LogP contribution < -0.4 is 5.32 Å². The average molecular weight is 366 g/mol. The van der Waals surface area contributed by atoms with Gasteiger partial charge in [-0.3, -0.25) is 4.79 Å². The van der Waals surface area contributed by atoms with Crippen molar-refractivity contribution in [2.45, 2.75) is 18.9 Å². The Bertz CT molecular complexity index is 791. The van der Waals surface area contributed by atoms with Crippen LogP contribution in [0.25, 0.3) is 0 Å². The molecule has 0 aliphatic rings. The lowest BCUT2D eigenvalue weighted by Crippen LogP contribution is -2.16. The summed E-state index contributed by atoms with van der Waals surface area (Å²) in [5, 5.41) is 5.60. The number of carbonyl (C=O) groups is 1. The lowest BCUT2D eigenvalue weighted by molar-refractivity contribution is -0.116. The van der Waals surface area contributed by atoms with Crippen LogP contribution in [0.5, 0.6) is 0 Å². The highest BCUT2D eigenvalue weighted by Crippen LogP contribution is 2.28. The number of anilines is 1. The van der Waals surface area contributed by atoms with Crippen LogP contribution in [0.15, 0.2) is 66.0 Å². The summed E-state index contributed by atoms with van der Waals surface area (Å²) in [4.78, 5) is 19.2. The van der Waals surface area contributed by atoms with E-state index in [0.717, 1.165) is 23.4 Å². The van der Waals surface area contributed by atoms with Gasteiger partial charge in [0.2, 0.25) is 5.91 Å². The van der Waals surface area contributed by atoms with E-state index in [4.69, 9.17) is 0 Å². The van der Waals surface area contributed by atoms with Crippen molar-refractivity contribution in [3.8, 4) is 0 Å². The molecule has 2 aromatic carbocycles. The third-order valence-corrected chi connectivity index (χ3v) is 4.88. The predicted molar refractivity (Wildman–Crippen MR) is 107 cm³/mol. The first-order valence-electron chi connectivity index (χ1n) is 8.60. The molecule has 0 bridgehead atoms. The fourth-order valence-electron chi connectivity index (χ4n) is 2.92. The van der Waals surface area contributed by atoms with E-state index in [-0.39, 0.29) is 11.8 Å². The number of aromatic nitrogens is 1. The van der Waals surface area contributed by atoms with Crippen molar-refractivity contribution in [1.29, 1.82) is 0 Å². The SMILES string of the molecule is CN(C)Cc1csc(NC(=O)CC(c2ccccc2)c2ccccc2)n1. The monoisotopic (exact) mass is 365 g/mol. The van der Waals surface area contributed by atoms with Crippen LogP contribution in [0.2, 0.25) is 0 Å². The highest BCUT2D eigenvalue weighted by atomic mass is 32.1. The summed E-state index contributed by atoms with van der Waals surface area (Å²) in [6.45, 7) is 0.767. The van der Waals surface area contributed by atoms with Crippen molar-refractivity contribution in [2.75, 3.05) is 19.4 Å². The van der Waals surface area contributed by atoms with E-state index in [1.165, 1.54) is 11.3 Å². The largest absolute Gasteiger partial charge is 0.304 e. The number of nitrogens with one attached hydrogen (secondary N) is 1. The highest BCUT2D eigenvalue weighted by molar-refractivity contribution is 7.13. The Hall–Kier alpha value is -2.50. The summed E-state index contributed by atoms with van der Waals surface area (Å²) in [7, 11) is 4.00. The van der Waals surface area contributed by atoms with Gasteiger partial charge in [0.05, 0.1) is 5.69 Å². The standard InChI is InChI=1S/C21H23N3OS/c1-24(2)14-18-15-26-21(22-18)23-20(25)13-19(16-9-5-3-6-10-16)17-11-7-4-8-12-17/h3-12,15,19H,13-14H2,1-2H3,(H,22,23,25). The van der Waals surface area contributed by atoms with E-state index in [1.807, 2.05) is 55.9 Å². The molecule has 1 heterocycles. The van der Waals surface area contributed by atoms with Gasteiger partial charge in [0.25, 0.3) is 0 Å². The van der Waals surface area contributed by atoms with Gasteiger partial charge in [0.1, 0.15) is 0 Å². The fourth-order valence-corrected chi connectivity index (χ4v) is 3.63. The summed E-state index contributed by atoms with van der Waals surface area (Å²) < 4.78 is 0. The zero-order chi connectivity index (χ0) is 18.4. The molecule has 0 saturated carbocycles. The van der Waals surface area contributed by atoms with Gasteiger partial charge in [-0.05, 0) is 25.2 Å². The maximum Gasteiger partial charge on any atom is 0.227 e. The van der Waals surface area contributed by atoms with E-state index in [1.54, 1.807) is 0 Å². The number of hydrogen-bond donors (Lipinski definition) is 1. The van der Waals surface area contributed by atoms with Crippen molar-refractivity contribution < 1.29 is 4.79 Å². The Morgan fingerprint density at radius 2 is 1.62 bits per heavy atom. The molecule has 0 unspecified atom stereocenters. The molecule has 0 radical (unpaired) electrons. The normalized spacial score (nSPS) is 11.1. The predicted octanol–water partition coefficient (Wildman–Crippen LogP) is 4.37. The number of hydrogen-bond acceptors (Lipinski definition) is 4. The van der Waals surface area contributed by atoms with E-state index in [2.05, 4.69) is 39.5 Å². The first kappa shape index (κ1) is 18.3. The minimum Gasteiger partial charge on any atom is -0.304 e. The second-order valence-electron chi connectivity index (χ2n) is 6.51. The number of amides is 1. The van der Waals surface area contributed by atoms with Crippen molar-refractivity contribution in [3.05, 3.63) is 82.9 Å². The van der Waals surface area contributed by atoms with Gasteiger partial charge in [-0.25, -0.2) is 4.98 Å². The van der Waals surface area contributed by atoms with Gasteiger partial charge < -0.3 is 10.2 Å². The van der Waals surface area contributed by atoms with Crippen LogP contribution in [-0.4, -0.2) is 29.9 Å². The van der Waals surface area contributed by atoms with E-state index in [9.17, 15) is 4.79 Å². The minimum absolute atomic E-state index is 0.0199. The summed E-state index contributed by atoms with van der Waals surface area (Å²) >= 11 is 1.47. The third kappa shape index (κ3) is 5.00. The van der Waals surface area contributed by atoms with E-state index < -0.39 is 0 Å². The molecule has 0 aliphatic heterocycles. The Morgan fingerprint density at radius 1 is 1.04 bits per heavy atom. The topological polar surface area (TPSA) is 45.2 Å². The third-order valence-electron chi connectivity index (χ3n) is 4.07. The molecule has 3 rings (SSSR count). The lowest BCUT2D eigenvalue weighted by Gasteiger charge is -2.17. The van der Waals surface area contributed by atoms with Crippen LogP contribution in [0, 0.1) is 0 Å². The summed E-state index contributed by atoms with van der Waals surface area (Å²) in [6, 6.07) is 20.3. The summed E-state index contributed by atoms with van der Waals surface area (Å²) in [6.07, 6.45) is 0.386. The van der Waals surface area contributed by atoms with Gasteiger partial charge in [0.15, 0.2) is 5.13 Å². The smallest absolute Gasteiger partial charge is 0.227 e. The zero-order valence-electron chi connectivity index (χ0n) is 15.1. The Morgan fingerprint density at radius 3 is 2.15 bits per heavy atom. The number of benzene rings is 2. The minimum atomic E-state index is -0.0199. The lowest BCUT2D eigenvalue weighted by atomic mass is 9.88. The average Bonchev–Trinajstić information content (AvgIpc) is 3.07. The number of carbonyl (C=O) groups excluding carboxylic acids is 1. The molecule has 0 atom stereocenters. The maximum atomic E-state index is 12.6. The Labute approximate surface area is 158 Å². The quantitative estimate of drug-likeness (QED) is 0.676. The molecule has 3 aromatic rings. The molecule has 0 aliphatic carbocycles. The van der Waals surface area contributed by atoms with Crippen molar-refractivity contribution >= 4 is 22.4 Å². The molecular formula is C21H23N3OS. The number of rotatable bonds is 7. The first-order valence-corrected chi connectivity index (χ1v) is 9.48. The molecule has 1 aromatic heterocycles. The van der Waals surface area contributed by atoms with Crippen molar-refractivity contribution in [3.63, 3.8) is 0 Å². The van der Waals surface area contributed by atoms with Gasteiger partial charge >= 0.3 is 0 Å². The molecular weight excluding hydrogens is 342 g/mol. The number of thiazole rings is 1. The Kier molecular flexibility index (Phi) is 6.15. The van der Waals surface area contributed by atoms with Gasteiger partial charge in [-0.1, -0.05) is 60.7 Å². The molecule has 134 valence electrons. The molecule has 26 heavy (non-hydrogen) atoms. The summed E-state index contributed by atoms with van der Waals surface area (Å²) in [5.74, 6) is 0.00654. The Balaban J connectivity index is 1.72. The van der Waals surface area contributed by atoms with Crippen LogP contribution in [0.4, 0.5) is 5.13 Å². The second-order valence-corrected chi connectivity index (χ2v) is 7.37. The van der Waals surface area contributed by atoms with Crippen LogP contribution >= 0.6 is 11.3 Å². The second kappa shape index (κ2) is 8.74.